The highest BCUT2D eigenvalue weighted by Gasteiger charge is 2.19. The summed E-state index contributed by atoms with van der Waals surface area (Å²) in [6.45, 7) is 0. The molecule has 0 radical (unpaired) electrons. The van der Waals surface area contributed by atoms with Gasteiger partial charge in [0.25, 0.3) is 0 Å². The van der Waals surface area contributed by atoms with Crippen molar-refractivity contribution in [1.82, 2.24) is 0 Å². The van der Waals surface area contributed by atoms with Crippen LogP contribution in [0, 0.1) is 0 Å². The van der Waals surface area contributed by atoms with Gasteiger partial charge in [0.15, 0.2) is 0 Å². The number of hydrogen-bond donors (Lipinski definition) is 2. The lowest BCUT2D eigenvalue weighted by atomic mass is 10.0. The molecular weight excluding hydrogens is 190 g/mol. The number of aliphatic carboxylic acids is 1. The van der Waals surface area contributed by atoms with Crippen LogP contribution in [0.15, 0.2) is 30.3 Å². The summed E-state index contributed by atoms with van der Waals surface area (Å²) in [6, 6.07) is 7.23. The second kappa shape index (κ2) is 3.87. The highest BCUT2D eigenvalue weighted by atomic mass is 16.4. The highest BCUT2D eigenvalue weighted by Crippen LogP contribution is 2.29. The number of carboxylic acids is 1. The average Bonchev–Trinajstić information content (AvgIpc) is 2.62. The minimum Gasteiger partial charge on any atom is -0.480 e. The van der Waals surface area contributed by atoms with E-state index < -0.39 is 12.0 Å². The fourth-order valence-corrected chi connectivity index (χ4v) is 1.87. The van der Waals surface area contributed by atoms with Crippen LogP contribution in [-0.4, -0.2) is 17.1 Å². The molecular formula is C12H13NO2. The topological polar surface area (TPSA) is 63.3 Å². The number of benzene rings is 1. The highest BCUT2D eigenvalue weighted by molar-refractivity contribution is 5.80. The van der Waals surface area contributed by atoms with Gasteiger partial charge in [-0.2, -0.15) is 0 Å². The summed E-state index contributed by atoms with van der Waals surface area (Å²) in [4.78, 5) is 10.6. The van der Waals surface area contributed by atoms with Crippen molar-refractivity contribution in [1.29, 1.82) is 0 Å². The first-order valence-electron chi connectivity index (χ1n) is 4.94. The van der Waals surface area contributed by atoms with Gasteiger partial charge in [0.05, 0.1) is 0 Å². The van der Waals surface area contributed by atoms with Crippen molar-refractivity contribution in [3.05, 3.63) is 41.5 Å². The predicted octanol–water partition coefficient (Wildman–Crippen LogP) is 1.43. The first kappa shape index (κ1) is 9.93. The number of carboxylic acid groups (broad SMARTS) is 1. The number of fused-ring (bicyclic) bond motifs is 1. The third-order valence-electron chi connectivity index (χ3n) is 2.69. The van der Waals surface area contributed by atoms with E-state index in [1.165, 1.54) is 5.56 Å². The third-order valence-corrected chi connectivity index (χ3v) is 2.69. The zero-order valence-corrected chi connectivity index (χ0v) is 8.31. The molecule has 0 saturated carbocycles. The molecule has 0 fully saturated rings. The molecule has 0 spiro atoms. The Labute approximate surface area is 88.2 Å². The van der Waals surface area contributed by atoms with Crippen LogP contribution >= 0.6 is 0 Å². The molecule has 1 atom stereocenters. The van der Waals surface area contributed by atoms with Crippen LogP contribution in [-0.2, 0) is 11.2 Å². The standard InChI is InChI=1S/C12H13NO2/c13-11(12(14)15)7-9-6-5-8-3-1-2-4-10(8)9/h1-4,6,11H,5,7,13H2,(H,14,15). The quantitative estimate of drug-likeness (QED) is 0.781. The van der Waals surface area contributed by atoms with E-state index in [1.54, 1.807) is 0 Å². The van der Waals surface area contributed by atoms with Crippen molar-refractivity contribution in [2.24, 2.45) is 5.73 Å². The molecule has 1 aromatic rings. The fraction of sp³-hybridized carbons (Fsp3) is 0.250. The molecule has 0 amide bonds. The van der Waals surface area contributed by atoms with Crippen LogP contribution in [0.25, 0.3) is 5.57 Å². The zero-order valence-electron chi connectivity index (χ0n) is 8.31. The minimum absolute atomic E-state index is 0.409. The van der Waals surface area contributed by atoms with E-state index in [1.807, 2.05) is 18.2 Å². The van der Waals surface area contributed by atoms with Gasteiger partial charge < -0.3 is 10.8 Å². The van der Waals surface area contributed by atoms with E-state index in [2.05, 4.69) is 12.1 Å². The van der Waals surface area contributed by atoms with Crippen molar-refractivity contribution < 1.29 is 9.90 Å². The number of hydrogen-bond acceptors (Lipinski definition) is 2. The number of nitrogens with two attached hydrogens (primary N) is 1. The summed E-state index contributed by atoms with van der Waals surface area (Å²) in [5.41, 5.74) is 8.97. The van der Waals surface area contributed by atoms with E-state index in [9.17, 15) is 4.79 Å². The van der Waals surface area contributed by atoms with Crippen molar-refractivity contribution in [2.45, 2.75) is 18.9 Å². The second-order valence-corrected chi connectivity index (χ2v) is 3.74. The molecule has 0 bridgehead atoms. The van der Waals surface area contributed by atoms with Crippen LogP contribution in [0.2, 0.25) is 0 Å². The summed E-state index contributed by atoms with van der Waals surface area (Å²) in [7, 11) is 0. The lowest BCUT2D eigenvalue weighted by Gasteiger charge is -2.08. The largest absolute Gasteiger partial charge is 0.480 e. The van der Waals surface area contributed by atoms with Crippen LogP contribution in [0.5, 0.6) is 0 Å². The van der Waals surface area contributed by atoms with Gasteiger partial charge in [-0.15, -0.1) is 0 Å². The van der Waals surface area contributed by atoms with Gasteiger partial charge in [-0.25, -0.2) is 0 Å². The Kier molecular flexibility index (Phi) is 2.56. The number of carbonyl (C=O) groups is 1. The summed E-state index contributed by atoms with van der Waals surface area (Å²) >= 11 is 0. The van der Waals surface area contributed by atoms with Crippen LogP contribution in [0.4, 0.5) is 0 Å². The Morgan fingerprint density at radius 3 is 2.93 bits per heavy atom. The van der Waals surface area contributed by atoms with Crippen molar-refractivity contribution in [2.75, 3.05) is 0 Å². The van der Waals surface area contributed by atoms with E-state index in [4.69, 9.17) is 10.8 Å². The van der Waals surface area contributed by atoms with Gasteiger partial charge in [0, 0.05) is 0 Å². The molecule has 0 aromatic heterocycles. The summed E-state index contributed by atoms with van der Waals surface area (Å²) in [5.74, 6) is -0.944. The molecule has 1 aliphatic carbocycles. The number of allylic oxidation sites excluding steroid dienone is 1. The van der Waals surface area contributed by atoms with E-state index in [-0.39, 0.29) is 0 Å². The SMILES string of the molecule is NC(CC1=CCc2ccccc21)C(=O)O. The summed E-state index contributed by atoms with van der Waals surface area (Å²) in [5, 5.41) is 8.74. The Morgan fingerprint density at radius 1 is 1.47 bits per heavy atom. The Morgan fingerprint density at radius 2 is 2.20 bits per heavy atom. The minimum atomic E-state index is -0.944. The lowest BCUT2D eigenvalue weighted by molar-refractivity contribution is -0.138. The molecule has 3 N–H and O–H groups in total. The van der Waals surface area contributed by atoms with Crippen molar-refractivity contribution in [3.8, 4) is 0 Å². The van der Waals surface area contributed by atoms with Crippen molar-refractivity contribution >= 4 is 11.5 Å². The summed E-state index contributed by atoms with van der Waals surface area (Å²) in [6.07, 6.45) is 3.36. The lowest BCUT2D eigenvalue weighted by Crippen LogP contribution is -2.30. The Hall–Kier alpha value is -1.61. The van der Waals surface area contributed by atoms with Gasteiger partial charge in [-0.05, 0) is 29.5 Å². The van der Waals surface area contributed by atoms with Gasteiger partial charge >= 0.3 is 5.97 Å². The molecule has 3 heteroatoms. The molecule has 1 aromatic carbocycles. The maximum Gasteiger partial charge on any atom is 0.320 e. The maximum atomic E-state index is 10.6. The van der Waals surface area contributed by atoms with Crippen LogP contribution < -0.4 is 5.73 Å². The molecule has 78 valence electrons. The van der Waals surface area contributed by atoms with E-state index in [0.717, 1.165) is 17.6 Å². The van der Waals surface area contributed by atoms with Gasteiger partial charge in [-0.3, -0.25) is 4.79 Å². The molecule has 0 aliphatic heterocycles. The van der Waals surface area contributed by atoms with Gasteiger partial charge in [0.1, 0.15) is 6.04 Å². The molecule has 0 heterocycles. The van der Waals surface area contributed by atoms with Gasteiger partial charge in [0.2, 0.25) is 0 Å². The number of rotatable bonds is 3. The predicted molar refractivity (Wildman–Crippen MR) is 58.4 cm³/mol. The molecule has 2 rings (SSSR count). The molecule has 1 unspecified atom stereocenters. The fourth-order valence-electron chi connectivity index (χ4n) is 1.87. The molecule has 3 nitrogen and oxygen atoms in total. The normalized spacial score (nSPS) is 15.7. The van der Waals surface area contributed by atoms with E-state index >= 15 is 0 Å². The van der Waals surface area contributed by atoms with E-state index in [0.29, 0.717) is 6.42 Å². The Bertz CT molecular complexity index is 423. The van der Waals surface area contributed by atoms with Crippen molar-refractivity contribution in [3.63, 3.8) is 0 Å². The third kappa shape index (κ3) is 1.92. The zero-order chi connectivity index (χ0) is 10.8. The maximum absolute atomic E-state index is 10.6. The molecule has 0 saturated heterocycles. The summed E-state index contributed by atoms with van der Waals surface area (Å²) < 4.78 is 0. The first-order valence-corrected chi connectivity index (χ1v) is 4.94. The van der Waals surface area contributed by atoms with Crippen LogP contribution in [0.3, 0.4) is 0 Å². The Balaban J connectivity index is 2.17. The smallest absolute Gasteiger partial charge is 0.320 e. The van der Waals surface area contributed by atoms with Crippen LogP contribution in [0.1, 0.15) is 17.5 Å². The van der Waals surface area contributed by atoms with Gasteiger partial charge in [-0.1, -0.05) is 30.3 Å². The molecule has 1 aliphatic rings. The monoisotopic (exact) mass is 203 g/mol. The first-order chi connectivity index (χ1) is 7.18. The average molecular weight is 203 g/mol. The second-order valence-electron chi connectivity index (χ2n) is 3.74. The molecule has 15 heavy (non-hydrogen) atoms.